The van der Waals surface area contributed by atoms with Gasteiger partial charge in [-0.25, -0.2) is 15.0 Å². The van der Waals surface area contributed by atoms with Crippen molar-refractivity contribution in [3.63, 3.8) is 0 Å². The molecule has 0 radical (unpaired) electrons. The largest absolute Gasteiger partial charge is 0.456 e. The molecule has 0 saturated heterocycles. The average Bonchev–Trinajstić information content (AvgIpc) is 3.78. The summed E-state index contributed by atoms with van der Waals surface area (Å²) in [5.74, 6) is 1.86. The van der Waals surface area contributed by atoms with Gasteiger partial charge in [-0.15, -0.1) is 0 Å². The Labute approximate surface area is 331 Å². The van der Waals surface area contributed by atoms with Crippen LogP contribution in [0.25, 0.3) is 89.5 Å². The maximum Gasteiger partial charge on any atom is 0.164 e. The van der Waals surface area contributed by atoms with Crippen molar-refractivity contribution in [3.8, 4) is 73.6 Å². The van der Waals surface area contributed by atoms with Gasteiger partial charge in [0.15, 0.2) is 17.5 Å². The molecule has 0 atom stereocenters. The van der Waals surface area contributed by atoms with E-state index in [2.05, 4.69) is 97.1 Å². The van der Waals surface area contributed by atoms with E-state index < -0.39 is 0 Å². The van der Waals surface area contributed by atoms with Gasteiger partial charge in [0.25, 0.3) is 0 Å². The van der Waals surface area contributed by atoms with Gasteiger partial charge >= 0.3 is 0 Å². The Bertz CT molecular complexity index is 3040. The molecular weight excluding hydrogens is 697 g/mol. The molecule has 7 aromatic carbocycles. The van der Waals surface area contributed by atoms with Gasteiger partial charge in [0, 0.05) is 32.9 Å². The van der Waals surface area contributed by atoms with Crippen LogP contribution in [-0.2, 0) is 5.41 Å². The van der Waals surface area contributed by atoms with Gasteiger partial charge in [-0.1, -0.05) is 135 Å². The molecule has 57 heavy (non-hydrogen) atoms. The Morgan fingerprint density at radius 2 is 0.965 bits per heavy atom. The zero-order valence-corrected chi connectivity index (χ0v) is 31.2. The first kappa shape index (κ1) is 33.2. The normalized spacial score (nSPS) is 14.1. The van der Waals surface area contributed by atoms with Crippen molar-refractivity contribution in [1.82, 2.24) is 15.0 Å². The Balaban J connectivity index is 0.912. The highest BCUT2D eigenvalue weighted by molar-refractivity contribution is 6.06. The highest BCUT2D eigenvalue weighted by atomic mass is 16.3. The summed E-state index contributed by atoms with van der Waals surface area (Å²) in [4.78, 5) is 15.0. The number of nitrogens with zero attached hydrogens (tertiary/aromatic N) is 4. The molecule has 1 saturated carbocycles. The molecule has 0 N–H and O–H groups in total. The first-order valence-corrected chi connectivity index (χ1v) is 19.8. The molecule has 9 aromatic rings. The van der Waals surface area contributed by atoms with Gasteiger partial charge in [-0.3, -0.25) is 0 Å². The minimum atomic E-state index is -0.00305. The summed E-state index contributed by atoms with van der Waals surface area (Å²) in [6.07, 6.45) is 5.99. The number of nitriles is 1. The van der Waals surface area contributed by atoms with Crippen LogP contribution in [0.3, 0.4) is 0 Å². The number of fused-ring (bicyclic) bond motifs is 8. The molecule has 270 valence electrons. The second-order valence-corrected chi connectivity index (χ2v) is 15.4. The minimum absolute atomic E-state index is 0.00305. The maximum absolute atomic E-state index is 9.72. The fraction of sp³-hybridized carbons (Fsp3) is 0.115. The van der Waals surface area contributed by atoms with Crippen molar-refractivity contribution in [2.24, 2.45) is 0 Å². The van der Waals surface area contributed by atoms with E-state index in [1.807, 2.05) is 66.7 Å². The van der Waals surface area contributed by atoms with Crippen LogP contribution in [-0.4, -0.2) is 15.0 Å². The molecule has 0 aliphatic heterocycles. The molecule has 0 unspecified atom stereocenters. The SMILES string of the molecule is N#Cc1ccc2c(c1)C1(CCCCC1)c1cc(-c3ccc(-c4ccc(-c5nc(-c6ccccc6)nc(-c6ccc7oc8ccccc8c7c6)n5)cc4)cc3)ccc1-2. The number of hydrogen-bond donors (Lipinski definition) is 0. The molecule has 1 spiro atoms. The summed E-state index contributed by atoms with van der Waals surface area (Å²) >= 11 is 0. The van der Waals surface area contributed by atoms with Gasteiger partial charge < -0.3 is 4.42 Å². The van der Waals surface area contributed by atoms with Gasteiger partial charge in [0.2, 0.25) is 0 Å². The lowest BCUT2D eigenvalue weighted by Crippen LogP contribution is -2.28. The maximum atomic E-state index is 9.72. The predicted octanol–water partition coefficient (Wildman–Crippen LogP) is 13.2. The number of aromatic nitrogens is 3. The van der Waals surface area contributed by atoms with Gasteiger partial charge in [-0.05, 0) is 99.8 Å². The molecule has 2 aromatic heterocycles. The van der Waals surface area contributed by atoms with Crippen molar-refractivity contribution in [2.75, 3.05) is 0 Å². The predicted molar refractivity (Wildman–Crippen MR) is 228 cm³/mol. The number of para-hydroxylation sites is 1. The summed E-state index contributed by atoms with van der Waals surface area (Å²) in [6.45, 7) is 0. The first-order chi connectivity index (χ1) is 28.1. The van der Waals surface area contributed by atoms with Crippen molar-refractivity contribution < 1.29 is 4.42 Å². The second kappa shape index (κ2) is 13.3. The molecule has 0 amide bonds. The van der Waals surface area contributed by atoms with Crippen molar-refractivity contribution in [1.29, 1.82) is 5.26 Å². The summed E-state index contributed by atoms with van der Waals surface area (Å²) in [5.41, 5.74) is 15.3. The van der Waals surface area contributed by atoms with Crippen molar-refractivity contribution in [3.05, 3.63) is 174 Å². The molecule has 0 bridgehead atoms. The van der Waals surface area contributed by atoms with E-state index in [9.17, 15) is 5.26 Å². The highest BCUT2D eigenvalue weighted by Gasteiger charge is 2.44. The summed E-state index contributed by atoms with van der Waals surface area (Å²) in [7, 11) is 0. The monoisotopic (exact) mass is 732 g/mol. The Kier molecular flexibility index (Phi) is 7.72. The fourth-order valence-corrected chi connectivity index (χ4v) is 9.32. The van der Waals surface area contributed by atoms with Gasteiger partial charge in [0.1, 0.15) is 11.2 Å². The Morgan fingerprint density at radius 1 is 0.439 bits per heavy atom. The van der Waals surface area contributed by atoms with E-state index >= 15 is 0 Å². The van der Waals surface area contributed by atoms with Gasteiger partial charge in [0.05, 0.1) is 11.6 Å². The topological polar surface area (TPSA) is 75.6 Å². The Morgan fingerprint density at radius 3 is 1.67 bits per heavy atom. The lowest BCUT2D eigenvalue weighted by molar-refractivity contribution is 0.353. The first-order valence-electron chi connectivity index (χ1n) is 19.8. The molecule has 2 aliphatic carbocycles. The summed E-state index contributed by atoms with van der Waals surface area (Å²) in [5, 5.41) is 11.8. The van der Waals surface area contributed by atoms with E-state index in [0.717, 1.165) is 68.2 Å². The quantitative estimate of drug-likeness (QED) is 0.176. The molecule has 1 fully saturated rings. The number of benzene rings is 7. The molecular formula is C52H36N4O. The van der Waals surface area contributed by atoms with E-state index in [1.54, 1.807) is 0 Å². The minimum Gasteiger partial charge on any atom is -0.456 e. The number of furan rings is 1. The van der Waals surface area contributed by atoms with Crippen LogP contribution in [0.4, 0.5) is 0 Å². The zero-order valence-electron chi connectivity index (χ0n) is 31.2. The number of rotatable bonds is 5. The lowest BCUT2D eigenvalue weighted by Gasteiger charge is -2.36. The van der Waals surface area contributed by atoms with Crippen LogP contribution in [0.2, 0.25) is 0 Å². The second-order valence-electron chi connectivity index (χ2n) is 15.4. The molecule has 5 nitrogen and oxygen atoms in total. The van der Waals surface area contributed by atoms with Gasteiger partial charge in [-0.2, -0.15) is 5.26 Å². The Hall–Kier alpha value is -7.16. The van der Waals surface area contributed by atoms with Crippen molar-refractivity contribution >= 4 is 21.9 Å². The van der Waals surface area contributed by atoms with E-state index in [-0.39, 0.29) is 5.41 Å². The third-order valence-electron chi connectivity index (χ3n) is 12.2. The van der Waals surface area contributed by atoms with Crippen LogP contribution >= 0.6 is 0 Å². The number of hydrogen-bond acceptors (Lipinski definition) is 5. The molecule has 11 rings (SSSR count). The molecule has 2 heterocycles. The van der Waals surface area contributed by atoms with E-state index in [0.29, 0.717) is 17.5 Å². The zero-order chi connectivity index (χ0) is 37.9. The molecule has 2 aliphatic rings. The fourth-order valence-electron chi connectivity index (χ4n) is 9.32. The van der Waals surface area contributed by atoms with Crippen LogP contribution < -0.4 is 0 Å². The standard InChI is InChI=1S/C52H36N4O/c53-32-33-13-24-41-42-25-22-39(31-46(42)52(45(41)29-33)27-7-2-8-28-52)36-16-14-34(15-17-36)35-18-20-38(21-19-35)50-54-49(37-9-3-1-4-10-37)55-51(56-50)40-23-26-48-44(30-40)43-11-5-6-12-47(43)57-48/h1,3-6,9-26,29-31H,2,7-8,27-28H2. The average molecular weight is 733 g/mol. The molecule has 5 heteroatoms. The van der Waals surface area contributed by atoms with E-state index in [4.69, 9.17) is 19.4 Å². The van der Waals surface area contributed by atoms with E-state index in [1.165, 1.54) is 52.6 Å². The van der Waals surface area contributed by atoms with Crippen molar-refractivity contribution in [2.45, 2.75) is 37.5 Å². The highest BCUT2D eigenvalue weighted by Crippen LogP contribution is 2.56. The lowest BCUT2D eigenvalue weighted by atomic mass is 9.67. The van der Waals surface area contributed by atoms with Crippen LogP contribution in [0.15, 0.2) is 162 Å². The van der Waals surface area contributed by atoms with Crippen LogP contribution in [0.5, 0.6) is 0 Å². The third-order valence-corrected chi connectivity index (χ3v) is 12.2. The summed E-state index contributed by atoms with van der Waals surface area (Å²) in [6, 6.07) is 57.4. The third kappa shape index (κ3) is 5.56. The smallest absolute Gasteiger partial charge is 0.164 e. The van der Waals surface area contributed by atoms with Crippen LogP contribution in [0.1, 0.15) is 48.8 Å². The summed E-state index contributed by atoms with van der Waals surface area (Å²) < 4.78 is 6.10. The van der Waals surface area contributed by atoms with Crippen LogP contribution in [0, 0.1) is 11.3 Å².